The maximum atomic E-state index is 12.8. The van der Waals surface area contributed by atoms with Crippen molar-refractivity contribution in [3.05, 3.63) is 53.2 Å². The molecule has 2 aromatic rings. The summed E-state index contributed by atoms with van der Waals surface area (Å²) in [5.74, 6) is -0.386. The molecule has 1 saturated heterocycles. The van der Waals surface area contributed by atoms with Crippen molar-refractivity contribution in [1.82, 2.24) is 14.6 Å². The van der Waals surface area contributed by atoms with E-state index in [9.17, 15) is 26.4 Å². The molecule has 1 aliphatic rings. The molecule has 1 aromatic heterocycles. The van der Waals surface area contributed by atoms with E-state index in [1.54, 1.807) is 18.2 Å². The van der Waals surface area contributed by atoms with Gasteiger partial charge in [-0.3, -0.25) is 4.79 Å². The quantitative estimate of drug-likeness (QED) is 0.599. The van der Waals surface area contributed by atoms with Gasteiger partial charge in [-0.25, -0.2) is 13.4 Å². The van der Waals surface area contributed by atoms with Gasteiger partial charge in [0, 0.05) is 25.8 Å². The van der Waals surface area contributed by atoms with E-state index in [0.717, 1.165) is 6.07 Å². The van der Waals surface area contributed by atoms with Gasteiger partial charge in [0.15, 0.2) is 0 Å². The Labute approximate surface area is 182 Å². The lowest BCUT2D eigenvalue weighted by atomic mass is 10.2. The van der Waals surface area contributed by atoms with Gasteiger partial charge in [0.05, 0.1) is 15.5 Å². The normalized spacial score (nSPS) is 17.5. The van der Waals surface area contributed by atoms with Gasteiger partial charge in [0.1, 0.15) is 11.9 Å². The largest absolute Gasteiger partial charge is 0.417 e. The first-order valence-electron chi connectivity index (χ1n) is 9.42. The monoisotopic (exact) mass is 476 g/mol. The molecule has 0 radical (unpaired) electrons. The van der Waals surface area contributed by atoms with Crippen LogP contribution in [0, 0.1) is 0 Å². The van der Waals surface area contributed by atoms with Crippen molar-refractivity contribution in [2.24, 2.45) is 0 Å². The van der Waals surface area contributed by atoms with Crippen LogP contribution in [0.1, 0.15) is 18.4 Å². The van der Waals surface area contributed by atoms with E-state index >= 15 is 0 Å². The molecular formula is C19H20ClF3N4O3S. The maximum Gasteiger partial charge on any atom is 0.417 e. The highest BCUT2D eigenvalue weighted by Crippen LogP contribution is 2.32. The van der Waals surface area contributed by atoms with Crippen LogP contribution >= 0.6 is 11.6 Å². The summed E-state index contributed by atoms with van der Waals surface area (Å²) < 4.78 is 64.8. The fourth-order valence-corrected chi connectivity index (χ4v) is 5.14. The first-order chi connectivity index (χ1) is 14.6. The van der Waals surface area contributed by atoms with E-state index in [1.165, 1.54) is 16.4 Å². The molecule has 1 fully saturated rings. The Bertz CT molecular complexity index is 1040. The van der Waals surface area contributed by atoms with Gasteiger partial charge in [0.2, 0.25) is 15.9 Å². The second kappa shape index (κ2) is 9.41. The molecule has 7 nitrogen and oxygen atoms in total. The molecule has 1 aromatic carbocycles. The Morgan fingerprint density at radius 3 is 2.58 bits per heavy atom. The van der Waals surface area contributed by atoms with Crippen molar-refractivity contribution in [2.75, 3.05) is 25.0 Å². The lowest BCUT2D eigenvalue weighted by Gasteiger charge is -2.23. The highest BCUT2D eigenvalue weighted by molar-refractivity contribution is 7.89. The van der Waals surface area contributed by atoms with Crippen LogP contribution in [-0.4, -0.2) is 49.3 Å². The van der Waals surface area contributed by atoms with Crippen molar-refractivity contribution >= 4 is 33.3 Å². The Hall–Kier alpha value is -2.37. The van der Waals surface area contributed by atoms with Crippen molar-refractivity contribution in [1.29, 1.82) is 0 Å². The average molecular weight is 477 g/mol. The SMILES string of the molecule is O=C(NCCNc1ncc(C(F)(F)F)cc1Cl)[C@H]1CCCN1S(=O)(=O)c1ccccc1. The molecule has 1 aliphatic heterocycles. The number of anilines is 1. The lowest BCUT2D eigenvalue weighted by molar-refractivity contribution is -0.137. The highest BCUT2D eigenvalue weighted by atomic mass is 35.5. The number of benzene rings is 1. The van der Waals surface area contributed by atoms with Gasteiger partial charge in [-0.2, -0.15) is 17.5 Å². The number of rotatable bonds is 7. The standard InChI is InChI=1S/C19H20ClF3N4O3S/c20-15-11-13(19(21,22)23)12-26-17(15)24-8-9-25-18(28)16-7-4-10-27(16)31(29,30)14-5-2-1-3-6-14/h1-3,5-6,11-12,16H,4,7-10H2,(H,24,26)(H,25,28)/t16-/m1/s1. The molecule has 12 heteroatoms. The van der Waals surface area contributed by atoms with E-state index < -0.39 is 33.7 Å². The number of nitrogens with zero attached hydrogens (tertiary/aromatic N) is 2. The zero-order valence-corrected chi connectivity index (χ0v) is 17.8. The second-order valence-electron chi connectivity index (χ2n) is 6.86. The van der Waals surface area contributed by atoms with Crippen LogP contribution in [0.25, 0.3) is 0 Å². The van der Waals surface area contributed by atoms with Crippen LogP contribution in [-0.2, 0) is 21.0 Å². The molecule has 31 heavy (non-hydrogen) atoms. The van der Waals surface area contributed by atoms with Gasteiger partial charge in [-0.15, -0.1) is 0 Å². The minimum Gasteiger partial charge on any atom is -0.367 e. The third-order valence-electron chi connectivity index (χ3n) is 4.74. The second-order valence-corrected chi connectivity index (χ2v) is 9.15. The number of aromatic nitrogens is 1. The van der Waals surface area contributed by atoms with Crippen LogP contribution in [0.5, 0.6) is 0 Å². The summed E-state index contributed by atoms with van der Waals surface area (Å²) >= 11 is 5.82. The van der Waals surface area contributed by atoms with E-state index in [4.69, 9.17) is 11.6 Å². The number of sulfonamides is 1. The average Bonchev–Trinajstić information content (AvgIpc) is 3.23. The molecule has 3 rings (SSSR count). The predicted octanol–water partition coefficient (Wildman–Crippen LogP) is 3.14. The molecule has 1 amide bonds. The van der Waals surface area contributed by atoms with Gasteiger partial charge in [-0.05, 0) is 31.0 Å². The number of pyridine rings is 1. The molecular weight excluding hydrogens is 457 g/mol. The summed E-state index contributed by atoms with van der Waals surface area (Å²) in [4.78, 5) is 16.3. The summed E-state index contributed by atoms with van der Waals surface area (Å²) in [6, 6.07) is 7.84. The van der Waals surface area contributed by atoms with E-state index in [0.29, 0.717) is 19.0 Å². The fourth-order valence-electron chi connectivity index (χ4n) is 3.23. The smallest absolute Gasteiger partial charge is 0.367 e. The zero-order valence-electron chi connectivity index (χ0n) is 16.2. The zero-order chi connectivity index (χ0) is 22.6. The highest BCUT2D eigenvalue weighted by Gasteiger charge is 2.39. The number of amides is 1. The Kier molecular flexibility index (Phi) is 7.07. The van der Waals surface area contributed by atoms with E-state index in [-0.39, 0.29) is 35.4 Å². The van der Waals surface area contributed by atoms with Gasteiger partial charge < -0.3 is 10.6 Å². The van der Waals surface area contributed by atoms with Crippen molar-refractivity contribution in [2.45, 2.75) is 30.0 Å². The van der Waals surface area contributed by atoms with E-state index in [1.807, 2.05) is 0 Å². The summed E-state index contributed by atoms with van der Waals surface area (Å²) in [6.45, 7) is 0.494. The van der Waals surface area contributed by atoms with Crippen LogP contribution in [0.3, 0.4) is 0 Å². The first-order valence-corrected chi connectivity index (χ1v) is 11.2. The number of carbonyl (C=O) groups excluding carboxylic acids is 1. The Morgan fingerprint density at radius 1 is 1.23 bits per heavy atom. The van der Waals surface area contributed by atoms with Crippen LogP contribution in [0.15, 0.2) is 47.5 Å². The molecule has 0 bridgehead atoms. The summed E-state index contributed by atoms with van der Waals surface area (Å²) in [5.41, 5.74) is -0.961. The molecule has 0 unspecified atom stereocenters. The number of carbonyl (C=O) groups is 1. The van der Waals surface area contributed by atoms with Crippen LogP contribution < -0.4 is 10.6 Å². The van der Waals surface area contributed by atoms with Crippen molar-refractivity contribution < 1.29 is 26.4 Å². The number of hydrogen-bond donors (Lipinski definition) is 2. The molecule has 168 valence electrons. The predicted molar refractivity (Wildman–Crippen MR) is 109 cm³/mol. The fraction of sp³-hybridized carbons (Fsp3) is 0.368. The number of nitrogens with one attached hydrogen (secondary N) is 2. The molecule has 0 spiro atoms. The number of halogens is 4. The summed E-state index contributed by atoms with van der Waals surface area (Å²) in [7, 11) is -3.79. The van der Waals surface area contributed by atoms with Gasteiger partial charge in [-0.1, -0.05) is 29.8 Å². The molecule has 2 N–H and O–H groups in total. The topological polar surface area (TPSA) is 91.4 Å². The molecule has 2 heterocycles. The van der Waals surface area contributed by atoms with E-state index in [2.05, 4.69) is 15.6 Å². The first kappa shape index (κ1) is 23.3. The minimum absolute atomic E-state index is 0.0538. The Morgan fingerprint density at radius 2 is 1.94 bits per heavy atom. The van der Waals surface area contributed by atoms with Gasteiger partial charge >= 0.3 is 6.18 Å². The number of hydrogen-bond acceptors (Lipinski definition) is 5. The third kappa shape index (κ3) is 5.46. The van der Waals surface area contributed by atoms with Crippen LogP contribution in [0.4, 0.5) is 19.0 Å². The molecule has 0 aliphatic carbocycles. The Balaban J connectivity index is 1.55. The summed E-state index contributed by atoms with van der Waals surface area (Å²) in [5, 5.41) is 5.20. The summed E-state index contributed by atoms with van der Waals surface area (Å²) in [6.07, 6.45) is -2.92. The lowest BCUT2D eigenvalue weighted by Crippen LogP contribution is -2.46. The maximum absolute atomic E-state index is 12.8. The molecule has 0 saturated carbocycles. The van der Waals surface area contributed by atoms with Crippen molar-refractivity contribution in [3.63, 3.8) is 0 Å². The minimum atomic E-state index is -4.55. The number of alkyl halides is 3. The van der Waals surface area contributed by atoms with Crippen LogP contribution in [0.2, 0.25) is 5.02 Å². The third-order valence-corrected chi connectivity index (χ3v) is 6.95. The van der Waals surface area contributed by atoms with Crippen molar-refractivity contribution in [3.8, 4) is 0 Å². The van der Waals surface area contributed by atoms with Gasteiger partial charge in [0.25, 0.3) is 0 Å². The molecule has 1 atom stereocenters.